The van der Waals surface area contributed by atoms with E-state index in [2.05, 4.69) is 26.7 Å². The van der Waals surface area contributed by atoms with Crippen LogP contribution in [0.4, 0.5) is 0 Å². The van der Waals surface area contributed by atoms with Crippen molar-refractivity contribution in [2.75, 3.05) is 25.9 Å². The molecule has 0 spiro atoms. The lowest BCUT2D eigenvalue weighted by molar-refractivity contribution is -0.132. The Morgan fingerprint density at radius 1 is 1.21 bits per heavy atom. The highest BCUT2D eigenvalue weighted by atomic mass is 79.9. The number of fused-ring (bicyclic) bond motifs is 2. The SMILES string of the molecule is CS(=O)NCCCC(=O)N1CCC(C2c3ncc(Br)cc3CCc3cc(Cl)cc(Cl)c32)CC1. The van der Waals surface area contributed by atoms with Gasteiger partial charge in [-0.15, -0.1) is 0 Å². The van der Waals surface area contributed by atoms with Gasteiger partial charge in [-0.05, 0) is 88.8 Å². The van der Waals surface area contributed by atoms with Crippen molar-refractivity contribution < 1.29 is 9.00 Å². The normalized spacial score (nSPS) is 19.5. The average molecular weight is 573 g/mol. The molecule has 0 radical (unpaired) electrons. The number of likely N-dealkylation sites (tertiary alicyclic amines) is 1. The lowest BCUT2D eigenvalue weighted by Gasteiger charge is -2.37. The van der Waals surface area contributed by atoms with Gasteiger partial charge < -0.3 is 4.90 Å². The van der Waals surface area contributed by atoms with Gasteiger partial charge in [0.25, 0.3) is 0 Å². The molecule has 2 unspecified atom stereocenters. The number of rotatable bonds is 6. The summed E-state index contributed by atoms with van der Waals surface area (Å²) >= 11 is 16.7. The monoisotopic (exact) mass is 571 g/mol. The number of nitrogens with zero attached hydrogens (tertiary/aromatic N) is 2. The number of carbonyl (C=O) groups is 1. The molecule has 4 rings (SSSR count). The summed E-state index contributed by atoms with van der Waals surface area (Å²) in [5, 5.41) is 1.37. The molecule has 1 saturated heterocycles. The predicted molar refractivity (Wildman–Crippen MR) is 138 cm³/mol. The molecule has 1 aliphatic carbocycles. The van der Waals surface area contributed by atoms with Crippen molar-refractivity contribution in [2.45, 2.75) is 44.4 Å². The zero-order chi connectivity index (χ0) is 23.5. The van der Waals surface area contributed by atoms with E-state index in [0.29, 0.717) is 35.3 Å². The van der Waals surface area contributed by atoms with Gasteiger partial charge in [0.05, 0.1) is 16.7 Å². The maximum absolute atomic E-state index is 12.7. The van der Waals surface area contributed by atoms with Crippen LogP contribution < -0.4 is 4.72 Å². The van der Waals surface area contributed by atoms with Gasteiger partial charge in [-0.2, -0.15) is 0 Å². The van der Waals surface area contributed by atoms with Crippen molar-refractivity contribution in [2.24, 2.45) is 5.92 Å². The predicted octanol–water partition coefficient (Wildman–Crippen LogP) is 5.28. The maximum Gasteiger partial charge on any atom is 0.222 e. The molecular weight excluding hydrogens is 545 g/mol. The molecule has 33 heavy (non-hydrogen) atoms. The topological polar surface area (TPSA) is 62.3 Å². The third-order valence-corrected chi connectivity index (χ3v) is 8.23. The van der Waals surface area contributed by atoms with E-state index in [1.807, 2.05) is 23.2 Å². The zero-order valence-electron chi connectivity index (χ0n) is 18.6. The van der Waals surface area contributed by atoms with Crippen LogP contribution in [0.3, 0.4) is 0 Å². The smallest absolute Gasteiger partial charge is 0.222 e. The summed E-state index contributed by atoms with van der Waals surface area (Å²) in [5.74, 6) is 0.614. The van der Waals surface area contributed by atoms with E-state index in [4.69, 9.17) is 28.2 Å². The molecule has 1 aromatic heterocycles. The van der Waals surface area contributed by atoms with Gasteiger partial charge >= 0.3 is 0 Å². The van der Waals surface area contributed by atoms with E-state index >= 15 is 0 Å². The highest BCUT2D eigenvalue weighted by Crippen LogP contribution is 2.46. The molecule has 5 nitrogen and oxygen atoms in total. The molecule has 1 aliphatic heterocycles. The Kier molecular flexibility index (Phi) is 8.50. The summed E-state index contributed by atoms with van der Waals surface area (Å²) in [7, 11) is -1.04. The molecule has 2 aromatic rings. The van der Waals surface area contributed by atoms with E-state index in [0.717, 1.165) is 54.5 Å². The molecule has 1 amide bonds. The van der Waals surface area contributed by atoms with Gasteiger partial charge in [-0.25, -0.2) is 8.93 Å². The molecule has 1 N–H and O–H groups in total. The molecule has 9 heteroatoms. The number of aromatic nitrogens is 1. The van der Waals surface area contributed by atoms with E-state index in [9.17, 15) is 9.00 Å². The molecule has 1 fully saturated rings. The number of nitrogens with one attached hydrogen (secondary N) is 1. The summed E-state index contributed by atoms with van der Waals surface area (Å²) in [6.45, 7) is 2.06. The molecule has 0 saturated carbocycles. The Morgan fingerprint density at radius 3 is 2.67 bits per heavy atom. The number of amides is 1. The summed E-state index contributed by atoms with van der Waals surface area (Å²) < 4.78 is 15.0. The number of piperidine rings is 1. The molecule has 2 aliphatic rings. The van der Waals surface area contributed by atoms with Gasteiger partial charge in [0.15, 0.2) is 0 Å². The molecule has 1 aromatic carbocycles. The Morgan fingerprint density at radius 2 is 1.94 bits per heavy atom. The van der Waals surface area contributed by atoms with Crippen LogP contribution in [0.1, 0.15) is 54.0 Å². The molecular formula is C24H28BrCl2N3O2S. The first-order valence-corrected chi connectivity index (χ1v) is 14.4. The third kappa shape index (κ3) is 5.99. The van der Waals surface area contributed by atoms with Crippen LogP contribution in [0.2, 0.25) is 10.0 Å². The lowest BCUT2D eigenvalue weighted by Crippen LogP contribution is -2.40. The van der Waals surface area contributed by atoms with Gasteiger partial charge in [-0.3, -0.25) is 9.78 Å². The highest BCUT2D eigenvalue weighted by Gasteiger charge is 2.36. The van der Waals surface area contributed by atoms with Crippen LogP contribution in [0, 0.1) is 5.92 Å². The summed E-state index contributed by atoms with van der Waals surface area (Å²) in [6, 6.07) is 6.06. The number of halogens is 3. The largest absolute Gasteiger partial charge is 0.343 e. The highest BCUT2D eigenvalue weighted by molar-refractivity contribution is 9.10. The van der Waals surface area contributed by atoms with Crippen molar-refractivity contribution >= 4 is 56.0 Å². The first-order chi connectivity index (χ1) is 15.8. The first kappa shape index (κ1) is 25.1. The molecule has 0 bridgehead atoms. The number of hydrogen-bond donors (Lipinski definition) is 1. The summed E-state index contributed by atoms with van der Waals surface area (Å²) in [6.07, 6.45) is 8.23. The van der Waals surface area contributed by atoms with Crippen LogP contribution in [-0.4, -0.2) is 45.9 Å². The number of carbonyl (C=O) groups excluding carboxylic acids is 1. The average Bonchev–Trinajstić information content (AvgIpc) is 2.93. The molecule has 2 heterocycles. The second-order valence-electron chi connectivity index (χ2n) is 8.81. The van der Waals surface area contributed by atoms with Crippen LogP contribution in [-0.2, 0) is 28.6 Å². The van der Waals surface area contributed by atoms with Gasteiger partial charge in [0.1, 0.15) is 0 Å². The van der Waals surface area contributed by atoms with E-state index in [1.54, 1.807) is 6.26 Å². The Hall–Kier alpha value is -0.990. The van der Waals surface area contributed by atoms with E-state index < -0.39 is 11.0 Å². The molecule has 178 valence electrons. The number of benzene rings is 1. The standard InChI is InChI=1S/C24H28BrCl2N3O2S/c1-33(32)29-8-2-3-21(31)30-9-6-15(7-10-30)23-22-16(12-19(26)13-20(22)27)4-5-17-11-18(25)14-28-24(17)23/h11-15,23,29H,2-10H2,1H3. The minimum Gasteiger partial charge on any atom is -0.343 e. The second kappa shape index (κ2) is 11.2. The lowest BCUT2D eigenvalue weighted by atomic mass is 9.76. The van der Waals surface area contributed by atoms with Crippen LogP contribution >= 0.6 is 39.1 Å². The van der Waals surface area contributed by atoms with Crippen molar-refractivity contribution in [3.8, 4) is 0 Å². The van der Waals surface area contributed by atoms with E-state index in [1.165, 1.54) is 11.1 Å². The van der Waals surface area contributed by atoms with Crippen LogP contribution in [0.15, 0.2) is 28.9 Å². The fourth-order valence-corrected chi connectivity index (χ4v) is 6.59. The number of aryl methyl sites for hydroxylation is 2. The van der Waals surface area contributed by atoms with E-state index in [-0.39, 0.29) is 11.8 Å². The second-order valence-corrected chi connectivity index (χ2v) is 11.8. The minimum atomic E-state index is -1.04. The maximum atomic E-state index is 12.7. The van der Waals surface area contributed by atoms with Crippen molar-refractivity contribution in [1.82, 2.24) is 14.6 Å². The molecule has 2 atom stereocenters. The summed E-state index contributed by atoms with van der Waals surface area (Å²) in [5.41, 5.74) is 4.70. The first-order valence-electron chi connectivity index (χ1n) is 11.3. The number of pyridine rings is 1. The Bertz CT molecular complexity index is 1060. The summed E-state index contributed by atoms with van der Waals surface area (Å²) in [4.78, 5) is 19.5. The van der Waals surface area contributed by atoms with Gasteiger partial charge in [0, 0.05) is 58.9 Å². The van der Waals surface area contributed by atoms with Crippen LogP contribution in [0.5, 0.6) is 0 Å². The quantitative estimate of drug-likeness (QED) is 0.479. The Balaban J connectivity index is 1.53. The van der Waals surface area contributed by atoms with Gasteiger partial charge in [0.2, 0.25) is 5.91 Å². The fourth-order valence-electron chi connectivity index (χ4n) is 5.13. The zero-order valence-corrected chi connectivity index (χ0v) is 22.5. The number of hydrogen-bond acceptors (Lipinski definition) is 3. The van der Waals surface area contributed by atoms with Crippen molar-refractivity contribution in [3.05, 3.63) is 61.3 Å². The van der Waals surface area contributed by atoms with Crippen LogP contribution in [0.25, 0.3) is 0 Å². The third-order valence-electron chi connectivity index (χ3n) is 6.65. The van der Waals surface area contributed by atoms with Crippen molar-refractivity contribution in [1.29, 1.82) is 0 Å². The Labute approximate surface area is 216 Å². The fraction of sp³-hybridized carbons (Fsp3) is 0.500. The van der Waals surface area contributed by atoms with Crippen molar-refractivity contribution in [3.63, 3.8) is 0 Å². The van der Waals surface area contributed by atoms with Gasteiger partial charge in [-0.1, -0.05) is 23.2 Å². The minimum absolute atomic E-state index is 0.0938.